The Morgan fingerprint density at radius 3 is 2.96 bits per heavy atom. The van der Waals surface area contributed by atoms with Crippen molar-refractivity contribution in [3.05, 3.63) is 29.9 Å². The molecule has 0 bridgehead atoms. The third kappa shape index (κ3) is 3.64. The molecule has 1 aliphatic rings. The quantitative estimate of drug-likeness (QED) is 0.854. The number of carbonyl (C=O) groups is 1. The smallest absolute Gasteiger partial charge is 0.308 e. The summed E-state index contributed by atoms with van der Waals surface area (Å²) in [6.45, 7) is 2.75. The zero-order valence-electron chi connectivity index (χ0n) is 13.3. The average Bonchev–Trinajstić information content (AvgIpc) is 3.18. The Morgan fingerprint density at radius 1 is 1.52 bits per heavy atom. The van der Waals surface area contributed by atoms with Crippen molar-refractivity contribution in [2.75, 3.05) is 6.61 Å². The highest BCUT2D eigenvalue weighted by atomic mass is 32.1. The van der Waals surface area contributed by atoms with Gasteiger partial charge < -0.3 is 14.4 Å². The summed E-state index contributed by atoms with van der Waals surface area (Å²) >= 11 is 1.64. The summed E-state index contributed by atoms with van der Waals surface area (Å²) in [6.07, 6.45) is 6.25. The molecule has 1 N–H and O–H groups in total. The van der Waals surface area contributed by atoms with Gasteiger partial charge in [-0.1, -0.05) is 6.07 Å². The third-order valence-electron chi connectivity index (χ3n) is 4.46. The molecule has 0 radical (unpaired) electrons. The number of carbonyl (C=O) groups excluding carboxylic acids is 1. The van der Waals surface area contributed by atoms with E-state index in [1.165, 1.54) is 0 Å². The molecule has 2 aromatic heterocycles. The molecule has 124 valence electrons. The Morgan fingerprint density at radius 2 is 2.30 bits per heavy atom. The van der Waals surface area contributed by atoms with E-state index in [9.17, 15) is 9.90 Å². The van der Waals surface area contributed by atoms with E-state index in [-0.39, 0.29) is 11.9 Å². The van der Waals surface area contributed by atoms with Crippen LogP contribution in [0.4, 0.5) is 0 Å². The molecule has 0 saturated heterocycles. The monoisotopic (exact) mass is 334 g/mol. The standard InChI is InChI=1S/C17H22N2O3S/c1-2-22-16(20)13-5-7-17(21,8-6-13)12-19-10-9-18-15(19)14-4-3-11-23-14/h3-4,9-11,13,21H,2,5-8,12H2,1H3. The van der Waals surface area contributed by atoms with E-state index in [0.29, 0.717) is 38.8 Å². The molecule has 23 heavy (non-hydrogen) atoms. The van der Waals surface area contributed by atoms with Gasteiger partial charge in [-0.15, -0.1) is 11.3 Å². The summed E-state index contributed by atoms with van der Waals surface area (Å²) in [7, 11) is 0. The highest BCUT2D eigenvalue weighted by molar-refractivity contribution is 7.13. The normalized spacial score (nSPS) is 24.5. The molecule has 0 amide bonds. The zero-order valence-corrected chi connectivity index (χ0v) is 14.1. The first-order valence-electron chi connectivity index (χ1n) is 8.05. The second-order valence-corrected chi connectivity index (χ2v) is 7.05. The van der Waals surface area contributed by atoms with Crippen molar-refractivity contribution in [3.63, 3.8) is 0 Å². The van der Waals surface area contributed by atoms with E-state index in [1.807, 2.05) is 35.2 Å². The second kappa shape index (κ2) is 6.84. The number of aromatic nitrogens is 2. The van der Waals surface area contributed by atoms with Crippen LogP contribution in [0.15, 0.2) is 29.9 Å². The van der Waals surface area contributed by atoms with Crippen molar-refractivity contribution < 1.29 is 14.6 Å². The molecule has 1 fully saturated rings. The lowest BCUT2D eigenvalue weighted by Gasteiger charge is -2.35. The van der Waals surface area contributed by atoms with Gasteiger partial charge in [0.25, 0.3) is 0 Å². The Bertz CT molecular complexity index is 643. The van der Waals surface area contributed by atoms with Gasteiger partial charge in [0, 0.05) is 12.4 Å². The fourth-order valence-corrected chi connectivity index (χ4v) is 3.93. The van der Waals surface area contributed by atoms with Crippen LogP contribution >= 0.6 is 11.3 Å². The van der Waals surface area contributed by atoms with Crippen LogP contribution in [0.2, 0.25) is 0 Å². The van der Waals surface area contributed by atoms with Gasteiger partial charge in [-0.05, 0) is 44.1 Å². The largest absolute Gasteiger partial charge is 0.466 e. The molecule has 0 aromatic carbocycles. The van der Waals surface area contributed by atoms with Crippen LogP contribution in [-0.4, -0.2) is 32.8 Å². The summed E-state index contributed by atoms with van der Waals surface area (Å²) in [5.74, 6) is 0.687. The molecule has 1 aliphatic carbocycles. The number of nitrogens with zero attached hydrogens (tertiary/aromatic N) is 2. The van der Waals surface area contributed by atoms with Crippen molar-refractivity contribution in [1.29, 1.82) is 0 Å². The van der Waals surface area contributed by atoms with Crippen molar-refractivity contribution in [1.82, 2.24) is 9.55 Å². The van der Waals surface area contributed by atoms with Gasteiger partial charge in [0.1, 0.15) is 5.82 Å². The maximum atomic E-state index is 11.8. The maximum absolute atomic E-state index is 11.8. The van der Waals surface area contributed by atoms with Crippen LogP contribution < -0.4 is 0 Å². The summed E-state index contributed by atoms with van der Waals surface area (Å²) in [5, 5.41) is 12.9. The highest BCUT2D eigenvalue weighted by Gasteiger charge is 2.37. The minimum atomic E-state index is -0.782. The highest BCUT2D eigenvalue weighted by Crippen LogP contribution is 2.35. The minimum Gasteiger partial charge on any atom is -0.466 e. The molecule has 5 nitrogen and oxygen atoms in total. The van der Waals surface area contributed by atoms with Crippen LogP contribution in [0.3, 0.4) is 0 Å². The lowest BCUT2D eigenvalue weighted by Crippen LogP contribution is -2.40. The molecule has 3 rings (SSSR count). The first kappa shape index (κ1) is 16.2. The molecule has 0 spiro atoms. The Labute approximate surface area is 139 Å². The fraction of sp³-hybridized carbons (Fsp3) is 0.529. The van der Waals surface area contributed by atoms with E-state index in [4.69, 9.17) is 4.74 Å². The van der Waals surface area contributed by atoms with E-state index in [0.717, 1.165) is 10.7 Å². The van der Waals surface area contributed by atoms with Crippen LogP contribution in [-0.2, 0) is 16.1 Å². The van der Waals surface area contributed by atoms with Crippen molar-refractivity contribution in [2.45, 2.75) is 44.8 Å². The number of rotatable bonds is 5. The number of thiophene rings is 1. The first-order valence-corrected chi connectivity index (χ1v) is 8.93. The van der Waals surface area contributed by atoms with Gasteiger partial charge in [0.15, 0.2) is 0 Å². The van der Waals surface area contributed by atoms with Gasteiger partial charge in [-0.3, -0.25) is 4.79 Å². The van der Waals surface area contributed by atoms with Gasteiger partial charge >= 0.3 is 5.97 Å². The lowest BCUT2D eigenvalue weighted by atomic mass is 9.78. The molecule has 0 aliphatic heterocycles. The zero-order chi connectivity index (χ0) is 16.3. The SMILES string of the molecule is CCOC(=O)C1CCC(O)(Cn2ccnc2-c2cccs2)CC1. The van der Waals surface area contributed by atoms with E-state index in [2.05, 4.69) is 4.98 Å². The minimum absolute atomic E-state index is 0.0743. The Kier molecular flexibility index (Phi) is 4.82. The van der Waals surface area contributed by atoms with Gasteiger partial charge in [-0.25, -0.2) is 4.98 Å². The van der Waals surface area contributed by atoms with Crippen LogP contribution in [0, 0.1) is 5.92 Å². The first-order chi connectivity index (χ1) is 11.1. The van der Waals surface area contributed by atoms with E-state index >= 15 is 0 Å². The number of esters is 1. The summed E-state index contributed by atoms with van der Waals surface area (Å²) < 4.78 is 7.10. The number of hydrogen-bond donors (Lipinski definition) is 1. The molecule has 1 saturated carbocycles. The number of hydrogen-bond acceptors (Lipinski definition) is 5. The maximum Gasteiger partial charge on any atom is 0.308 e. The third-order valence-corrected chi connectivity index (χ3v) is 5.32. The predicted octanol–water partition coefficient (Wildman–Crippen LogP) is 3.10. The molecular weight excluding hydrogens is 312 g/mol. The van der Waals surface area contributed by atoms with Crippen molar-refractivity contribution in [2.24, 2.45) is 5.92 Å². The molecule has 2 aromatic rings. The summed E-state index contributed by atoms with van der Waals surface area (Å²) in [5.41, 5.74) is -0.782. The molecule has 2 heterocycles. The lowest BCUT2D eigenvalue weighted by molar-refractivity contribution is -0.151. The summed E-state index contributed by atoms with van der Waals surface area (Å²) in [6, 6.07) is 4.03. The Balaban J connectivity index is 1.65. The van der Waals surface area contributed by atoms with Gasteiger partial charge in [0.05, 0.1) is 29.5 Å². The van der Waals surface area contributed by atoms with Gasteiger partial charge in [0.2, 0.25) is 0 Å². The van der Waals surface area contributed by atoms with Crippen LogP contribution in [0.25, 0.3) is 10.7 Å². The van der Waals surface area contributed by atoms with E-state index in [1.54, 1.807) is 17.5 Å². The Hall–Kier alpha value is -1.66. The molecule has 0 unspecified atom stereocenters. The van der Waals surface area contributed by atoms with Crippen molar-refractivity contribution >= 4 is 17.3 Å². The average molecular weight is 334 g/mol. The number of ether oxygens (including phenoxy) is 1. The molecular formula is C17H22N2O3S. The molecule has 6 heteroatoms. The molecule has 0 atom stereocenters. The summed E-state index contributed by atoms with van der Waals surface area (Å²) in [4.78, 5) is 17.3. The van der Waals surface area contributed by atoms with Crippen LogP contribution in [0.5, 0.6) is 0 Å². The predicted molar refractivity (Wildman–Crippen MR) is 89.1 cm³/mol. The second-order valence-electron chi connectivity index (χ2n) is 6.11. The fourth-order valence-electron chi connectivity index (χ4n) is 3.19. The number of aliphatic hydroxyl groups is 1. The van der Waals surface area contributed by atoms with E-state index < -0.39 is 5.60 Å². The topological polar surface area (TPSA) is 64.3 Å². The van der Waals surface area contributed by atoms with Gasteiger partial charge in [-0.2, -0.15) is 0 Å². The number of imidazole rings is 1. The van der Waals surface area contributed by atoms with Crippen LogP contribution in [0.1, 0.15) is 32.6 Å². The van der Waals surface area contributed by atoms with Crippen molar-refractivity contribution in [3.8, 4) is 10.7 Å².